The molecule has 0 spiro atoms. The molecule has 0 radical (unpaired) electrons. The smallest absolute Gasteiger partial charge is 0.251 e. The van der Waals surface area contributed by atoms with E-state index in [1.807, 2.05) is 24.3 Å². The number of hydrogen-bond donors (Lipinski definition) is 1. The highest BCUT2D eigenvalue weighted by atomic mass is 32.2. The van der Waals surface area contributed by atoms with Crippen LogP contribution < -0.4 is 10.2 Å². The van der Waals surface area contributed by atoms with Gasteiger partial charge in [0.2, 0.25) is 0 Å². The van der Waals surface area contributed by atoms with E-state index in [-0.39, 0.29) is 24.3 Å². The zero-order valence-electron chi connectivity index (χ0n) is 17.9. The Balaban J connectivity index is 1.63. The van der Waals surface area contributed by atoms with Crippen molar-refractivity contribution >= 4 is 29.0 Å². The predicted molar refractivity (Wildman–Crippen MR) is 125 cm³/mol. The summed E-state index contributed by atoms with van der Waals surface area (Å²) < 4.78 is 13.9. The van der Waals surface area contributed by atoms with E-state index in [1.165, 1.54) is 11.0 Å². The van der Waals surface area contributed by atoms with Crippen LogP contribution in [0.25, 0.3) is 0 Å². The number of nitrogens with one attached hydrogen (secondary N) is 1. The minimum Gasteiger partial charge on any atom is -0.348 e. The Hall–Kier alpha value is -2.83. The molecule has 6 heteroatoms. The molecule has 0 saturated carbocycles. The molecule has 1 amide bonds. The summed E-state index contributed by atoms with van der Waals surface area (Å²) in [6.45, 7) is 3.23. The Morgan fingerprint density at radius 1 is 1.03 bits per heavy atom. The molecule has 0 saturated heterocycles. The fourth-order valence-electron chi connectivity index (χ4n) is 3.93. The fourth-order valence-corrected chi connectivity index (χ4v) is 4.98. The van der Waals surface area contributed by atoms with Gasteiger partial charge in [-0.1, -0.05) is 42.1 Å². The zero-order valence-corrected chi connectivity index (χ0v) is 18.7. The molecule has 1 aliphatic heterocycles. The quantitative estimate of drug-likeness (QED) is 0.569. The molecule has 1 aliphatic rings. The maximum Gasteiger partial charge on any atom is 0.251 e. The number of hydrogen-bond acceptors (Lipinski definition) is 4. The number of para-hydroxylation sites is 1. The summed E-state index contributed by atoms with van der Waals surface area (Å²) >= 11 is 1.72. The molecule has 1 N–H and O–H groups in total. The van der Waals surface area contributed by atoms with Gasteiger partial charge >= 0.3 is 0 Å². The summed E-state index contributed by atoms with van der Waals surface area (Å²) in [5, 5.41) is 2.85. The van der Waals surface area contributed by atoms with Crippen molar-refractivity contribution in [2.24, 2.45) is 0 Å². The third-order valence-electron chi connectivity index (χ3n) is 5.29. The summed E-state index contributed by atoms with van der Waals surface area (Å²) in [5.74, 6) is -0.528. The molecule has 3 aromatic rings. The normalized spacial score (nSPS) is 13.5. The molecule has 0 aliphatic carbocycles. The first kappa shape index (κ1) is 21.4. The molecule has 1 atom stereocenters. The molecular formula is C25H26FN3OS. The van der Waals surface area contributed by atoms with Crippen LogP contribution >= 0.6 is 11.8 Å². The van der Waals surface area contributed by atoms with Gasteiger partial charge in [-0.05, 0) is 57.4 Å². The second kappa shape index (κ2) is 9.12. The van der Waals surface area contributed by atoms with Crippen LogP contribution in [0.1, 0.15) is 22.8 Å². The first-order valence-corrected chi connectivity index (χ1v) is 11.1. The first-order valence-electron chi connectivity index (χ1n) is 10.3. The Morgan fingerprint density at radius 3 is 2.52 bits per heavy atom. The second-order valence-electron chi connectivity index (χ2n) is 8.01. The van der Waals surface area contributed by atoms with Crippen LogP contribution in [0.4, 0.5) is 15.8 Å². The summed E-state index contributed by atoms with van der Waals surface area (Å²) in [6.07, 6.45) is 0. The van der Waals surface area contributed by atoms with Crippen molar-refractivity contribution < 1.29 is 9.18 Å². The SMILES string of the molecule is CC(CN(C)C)N1c2ccccc2Sc2ccc(C(=O)NCc3ccccc3F)cc21. The Kier molecular flexibility index (Phi) is 6.30. The van der Waals surface area contributed by atoms with Crippen LogP contribution in [-0.4, -0.2) is 37.5 Å². The molecular weight excluding hydrogens is 409 g/mol. The van der Waals surface area contributed by atoms with Crippen molar-refractivity contribution in [1.82, 2.24) is 10.2 Å². The maximum absolute atomic E-state index is 13.9. The van der Waals surface area contributed by atoms with E-state index in [2.05, 4.69) is 54.3 Å². The van der Waals surface area contributed by atoms with Crippen molar-refractivity contribution in [3.05, 3.63) is 83.7 Å². The second-order valence-corrected chi connectivity index (χ2v) is 9.09. The van der Waals surface area contributed by atoms with Crippen molar-refractivity contribution in [1.29, 1.82) is 0 Å². The number of halogens is 1. The van der Waals surface area contributed by atoms with Gasteiger partial charge in [-0.3, -0.25) is 4.79 Å². The van der Waals surface area contributed by atoms with Crippen LogP contribution in [0.2, 0.25) is 0 Å². The van der Waals surface area contributed by atoms with E-state index >= 15 is 0 Å². The van der Waals surface area contributed by atoms with Gasteiger partial charge in [0.15, 0.2) is 0 Å². The van der Waals surface area contributed by atoms with E-state index in [0.29, 0.717) is 11.1 Å². The summed E-state index contributed by atoms with van der Waals surface area (Å²) in [6, 6.07) is 20.9. The van der Waals surface area contributed by atoms with Gasteiger partial charge in [0.25, 0.3) is 5.91 Å². The van der Waals surface area contributed by atoms with Gasteiger partial charge in [0, 0.05) is 40.0 Å². The average molecular weight is 436 g/mol. The maximum atomic E-state index is 13.9. The van der Waals surface area contributed by atoms with Crippen molar-refractivity contribution in [3.63, 3.8) is 0 Å². The average Bonchev–Trinajstić information content (AvgIpc) is 2.75. The van der Waals surface area contributed by atoms with E-state index in [0.717, 1.165) is 22.8 Å². The zero-order chi connectivity index (χ0) is 22.0. The van der Waals surface area contributed by atoms with Crippen molar-refractivity contribution in [2.75, 3.05) is 25.5 Å². The van der Waals surface area contributed by atoms with Crippen LogP contribution in [0.15, 0.2) is 76.5 Å². The minimum absolute atomic E-state index is 0.154. The van der Waals surface area contributed by atoms with Gasteiger partial charge in [-0.15, -0.1) is 0 Å². The number of likely N-dealkylation sites (N-methyl/N-ethyl adjacent to an activating group) is 1. The third-order valence-corrected chi connectivity index (χ3v) is 6.42. The molecule has 31 heavy (non-hydrogen) atoms. The lowest BCUT2D eigenvalue weighted by atomic mass is 10.1. The highest BCUT2D eigenvalue weighted by molar-refractivity contribution is 7.99. The summed E-state index contributed by atoms with van der Waals surface area (Å²) in [7, 11) is 4.13. The Bertz CT molecular complexity index is 1100. The van der Waals surface area contributed by atoms with Crippen molar-refractivity contribution in [3.8, 4) is 0 Å². The number of amides is 1. The van der Waals surface area contributed by atoms with E-state index in [1.54, 1.807) is 30.0 Å². The van der Waals surface area contributed by atoms with E-state index in [4.69, 9.17) is 0 Å². The van der Waals surface area contributed by atoms with Gasteiger partial charge in [0.1, 0.15) is 5.82 Å². The minimum atomic E-state index is -0.315. The fraction of sp³-hybridized carbons (Fsp3) is 0.240. The summed E-state index contributed by atoms with van der Waals surface area (Å²) in [5.41, 5.74) is 3.21. The van der Waals surface area contributed by atoms with E-state index in [9.17, 15) is 9.18 Å². The number of nitrogens with zero attached hydrogens (tertiary/aromatic N) is 2. The Morgan fingerprint density at radius 2 is 1.74 bits per heavy atom. The molecule has 4 nitrogen and oxygen atoms in total. The van der Waals surface area contributed by atoms with E-state index < -0.39 is 0 Å². The topological polar surface area (TPSA) is 35.6 Å². The van der Waals surface area contributed by atoms with Gasteiger partial charge < -0.3 is 15.1 Å². The van der Waals surface area contributed by atoms with Crippen LogP contribution in [-0.2, 0) is 6.54 Å². The molecule has 0 fully saturated rings. The number of carbonyl (C=O) groups is 1. The van der Waals surface area contributed by atoms with Gasteiger partial charge in [0.05, 0.1) is 11.4 Å². The molecule has 1 heterocycles. The number of benzene rings is 3. The number of anilines is 2. The molecule has 0 bridgehead atoms. The molecule has 160 valence electrons. The molecule has 4 rings (SSSR count). The molecule has 1 unspecified atom stereocenters. The first-order chi connectivity index (χ1) is 14.9. The summed E-state index contributed by atoms with van der Waals surface area (Å²) in [4.78, 5) is 19.7. The molecule has 3 aromatic carbocycles. The standard InChI is InChI=1S/C25H26FN3OS/c1-17(16-28(2)3)29-21-10-6-7-11-23(21)31-24-13-12-18(14-22(24)29)25(30)27-15-19-8-4-5-9-20(19)26/h4-14,17H,15-16H2,1-3H3,(H,27,30). The van der Waals surface area contributed by atoms with Gasteiger partial charge in [-0.25, -0.2) is 4.39 Å². The van der Waals surface area contributed by atoms with Gasteiger partial charge in [-0.2, -0.15) is 0 Å². The monoisotopic (exact) mass is 435 g/mol. The number of carbonyl (C=O) groups excluding carboxylic acids is 1. The number of rotatable bonds is 6. The highest BCUT2D eigenvalue weighted by Gasteiger charge is 2.28. The van der Waals surface area contributed by atoms with Crippen LogP contribution in [0, 0.1) is 5.82 Å². The lowest BCUT2D eigenvalue weighted by Gasteiger charge is -2.38. The van der Waals surface area contributed by atoms with Crippen LogP contribution in [0.5, 0.6) is 0 Å². The lowest BCUT2D eigenvalue weighted by Crippen LogP contribution is -2.38. The third kappa shape index (κ3) is 4.60. The highest BCUT2D eigenvalue weighted by Crippen LogP contribution is 2.49. The Labute approximate surface area is 187 Å². The van der Waals surface area contributed by atoms with Crippen molar-refractivity contribution in [2.45, 2.75) is 29.3 Å². The predicted octanol–water partition coefficient (Wildman–Crippen LogP) is 5.31. The lowest BCUT2D eigenvalue weighted by molar-refractivity contribution is 0.0950. The largest absolute Gasteiger partial charge is 0.348 e. The number of fused-ring (bicyclic) bond motifs is 2. The van der Waals surface area contributed by atoms with Crippen LogP contribution in [0.3, 0.4) is 0 Å². The molecule has 0 aromatic heterocycles.